The molecule has 0 aliphatic heterocycles. The minimum absolute atomic E-state index is 0.111. The van der Waals surface area contributed by atoms with Crippen molar-refractivity contribution in [3.63, 3.8) is 0 Å². The molecular weight excluding hydrogens is 263 g/mol. The van der Waals surface area contributed by atoms with Crippen LogP contribution in [-0.4, -0.2) is 26.1 Å². The first kappa shape index (κ1) is 13.1. The Kier molecular flexibility index (Phi) is 3.50. The van der Waals surface area contributed by atoms with Crippen LogP contribution in [0.4, 0.5) is 13.2 Å². The predicted molar refractivity (Wildman–Crippen MR) is 57.4 cm³/mol. The van der Waals surface area contributed by atoms with Gasteiger partial charge < -0.3 is 5.11 Å². The topological polar surface area (TPSA) is 68.0 Å². The molecule has 1 aromatic carbocycles. The third kappa shape index (κ3) is 2.72. The molecule has 0 radical (unpaired) electrons. The Morgan fingerprint density at radius 1 is 1.32 bits per heavy atom. The van der Waals surface area contributed by atoms with Crippen LogP contribution in [0.3, 0.4) is 0 Å². The number of aromatic nitrogens is 3. The van der Waals surface area contributed by atoms with Gasteiger partial charge >= 0.3 is 5.97 Å². The van der Waals surface area contributed by atoms with Gasteiger partial charge in [-0.05, 0) is 17.7 Å². The number of hydrogen-bond donors (Lipinski definition) is 1. The maximum atomic E-state index is 12.8. The van der Waals surface area contributed by atoms with Gasteiger partial charge in [0.15, 0.2) is 5.69 Å². The number of carbonyl (C=O) groups is 1. The van der Waals surface area contributed by atoms with Crippen molar-refractivity contribution in [2.45, 2.75) is 13.0 Å². The summed E-state index contributed by atoms with van der Waals surface area (Å²) in [4.78, 5) is 10.7. The molecule has 8 heteroatoms. The van der Waals surface area contributed by atoms with Gasteiger partial charge in [0.2, 0.25) is 0 Å². The average Bonchev–Trinajstić information content (AvgIpc) is 2.76. The first-order valence-corrected chi connectivity index (χ1v) is 5.18. The van der Waals surface area contributed by atoms with E-state index >= 15 is 0 Å². The van der Waals surface area contributed by atoms with Crippen molar-refractivity contribution in [3.05, 3.63) is 47.0 Å². The molecule has 0 saturated heterocycles. The lowest BCUT2D eigenvalue weighted by atomic mass is 10.2. The third-order valence-corrected chi connectivity index (χ3v) is 2.43. The van der Waals surface area contributed by atoms with Gasteiger partial charge in [-0.2, -0.15) is 0 Å². The lowest BCUT2D eigenvalue weighted by Crippen LogP contribution is -2.10. The van der Waals surface area contributed by atoms with E-state index in [2.05, 4.69) is 10.3 Å². The van der Waals surface area contributed by atoms with E-state index in [9.17, 15) is 18.0 Å². The fraction of sp³-hybridized carbons (Fsp3) is 0.182. The standard InChI is InChI=1S/C11H8F3N3O2/c12-7-3-1-6(2-4-7)5-17-9(10(13)14)8(11(18)19)15-16-17/h1-4,10H,5H2,(H,18,19). The number of benzene rings is 1. The number of nitrogens with zero attached hydrogens (tertiary/aromatic N) is 3. The van der Waals surface area contributed by atoms with Gasteiger partial charge in [-0.3, -0.25) is 0 Å². The fourth-order valence-corrected chi connectivity index (χ4v) is 1.57. The summed E-state index contributed by atoms with van der Waals surface area (Å²) in [5.74, 6) is -2.02. The summed E-state index contributed by atoms with van der Waals surface area (Å²) in [6, 6.07) is 5.14. The quantitative estimate of drug-likeness (QED) is 0.924. The number of carboxylic acid groups (broad SMARTS) is 1. The molecule has 0 spiro atoms. The Bertz CT molecular complexity index is 596. The Labute approximate surface area is 105 Å². The van der Waals surface area contributed by atoms with Crippen LogP contribution in [0.1, 0.15) is 28.2 Å². The van der Waals surface area contributed by atoms with E-state index in [1.165, 1.54) is 24.3 Å². The minimum atomic E-state index is -3.01. The summed E-state index contributed by atoms with van der Waals surface area (Å²) in [7, 11) is 0. The predicted octanol–water partition coefficient (Wildman–Crippen LogP) is 2.10. The molecule has 0 amide bonds. The molecule has 0 aliphatic carbocycles. The lowest BCUT2D eigenvalue weighted by molar-refractivity contribution is 0.0675. The molecule has 1 aromatic heterocycles. The van der Waals surface area contributed by atoms with Crippen LogP contribution in [0, 0.1) is 5.82 Å². The first-order chi connectivity index (χ1) is 8.99. The molecule has 0 unspecified atom stereocenters. The van der Waals surface area contributed by atoms with Gasteiger partial charge in [-0.15, -0.1) is 5.10 Å². The van der Waals surface area contributed by atoms with Gasteiger partial charge in [0.1, 0.15) is 11.5 Å². The summed E-state index contributed by atoms with van der Waals surface area (Å²) in [6.45, 7) is -0.111. The van der Waals surface area contributed by atoms with E-state index in [1.54, 1.807) is 0 Å². The molecular formula is C11H8F3N3O2. The molecule has 0 fully saturated rings. The number of aromatic carboxylic acids is 1. The summed E-state index contributed by atoms with van der Waals surface area (Å²) in [5.41, 5.74) is -1.04. The average molecular weight is 271 g/mol. The Morgan fingerprint density at radius 2 is 1.95 bits per heavy atom. The van der Waals surface area contributed by atoms with Crippen LogP contribution in [0.25, 0.3) is 0 Å². The van der Waals surface area contributed by atoms with Gasteiger partial charge in [-0.1, -0.05) is 17.3 Å². The van der Waals surface area contributed by atoms with Crippen molar-refractivity contribution in [3.8, 4) is 0 Å². The summed E-state index contributed by atoms with van der Waals surface area (Å²) in [6.07, 6.45) is -3.01. The fourth-order valence-electron chi connectivity index (χ4n) is 1.57. The van der Waals surface area contributed by atoms with Gasteiger partial charge in [-0.25, -0.2) is 22.6 Å². The van der Waals surface area contributed by atoms with Crippen LogP contribution in [0.15, 0.2) is 24.3 Å². The molecule has 0 bridgehead atoms. The van der Waals surface area contributed by atoms with E-state index in [0.717, 1.165) is 4.68 Å². The maximum Gasteiger partial charge on any atom is 0.358 e. The second-order valence-corrected chi connectivity index (χ2v) is 3.71. The number of rotatable bonds is 4. The Morgan fingerprint density at radius 3 is 2.47 bits per heavy atom. The molecule has 0 atom stereocenters. The van der Waals surface area contributed by atoms with Gasteiger partial charge in [0, 0.05) is 0 Å². The van der Waals surface area contributed by atoms with Crippen LogP contribution >= 0.6 is 0 Å². The molecule has 1 N–H and O–H groups in total. The van der Waals surface area contributed by atoms with E-state index in [0.29, 0.717) is 5.56 Å². The van der Waals surface area contributed by atoms with Gasteiger partial charge in [0.25, 0.3) is 6.43 Å². The van der Waals surface area contributed by atoms with Crippen molar-refractivity contribution >= 4 is 5.97 Å². The zero-order chi connectivity index (χ0) is 14.0. The number of carboxylic acids is 1. The highest BCUT2D eigenvalue weighted by molar-refractivity contribution is 5.86. The monoisotopic (exact) mass is 271 g/mol. The van der Waals surface area contributed by atoms with E-state index < -0.39 is 29.6 Å². The Balaban J connectivity index is 2.35. The van der Waals surface area contributed by atoms with Crippen molar-refractivity contribution in [2.75, 3.05) is 0 Å². The van der Waals surface area contributed by atoms with Crippen molar-refractivity contribution in [1.29, 1.82) is 0 Å². The molecule has 5 nitrogen and oxygen atoms in total. The largest absolute Gasteiger partial charge is 0.476 e. The summed E-state index contributed by atoms with van der Waals surface area (Å²) in [5, 5.41) is 15.3. The minimum Gasteiger partial charge on any atom is -0.476 e. The molecule has 19 heavy (non-hydrogen) atoms. The molecule has 2 rings (SSSR count). The van der Waals surface area contributed by atoms with E-state index in [4.69, 9.17) is 5.11 Å². The van der Waals surface area contributed by atoms with Gasteiger partial charge in [0.05, 0.1) is 6.54 Å². The number of halogens is 3. The molecule has 0 saturated carbocycles. The highest BCUT2D eigenvalue weighted by Gasteiger charge is 2.26. The normalized spacial score (nSPS) is 10.9. The number of hydrogen-bond acceptors (Lipinski definition) is 3. The SMILES string of the molecule is O=C(O)c1nnn(Cc2ccc(F)cc2)c1C(F)F. The second kappa shape index (κ2) is 5.09. The van der Waals surface area contributed by atoms with Crippen molar-refractivity contribution in [1.82, 2.24) is 15.0 Å². The third-order valence-electron chi connectivity index (χ3n) is 2.43. The highest BCUT2D eigenvalue weighted by atomic mass is 19.3. The molecule has 2 aromatic rings. The molecule has 0 aliphatic rings. The molecule has 100 valence electrons. The van der Waals surface area contributed by atoms with Crippen LogP contribution < -0.4 is 0 Å². The summed E-state index contributed by atoms with van der Waals surface area (Å²) < 4.78 is 39.2. The van der Waals surface area contributed by atoms with Crippen LogP contribution in [0.2, 0.25) is 0 Å². The second-order valence-electron chi connectivity index (χ2n) is 3.71. The van der Waals surface area contributed by atoms with E-state index in [-0.39, 0.29) is 6.54 Å². The van der Waals surface area contributed by atoms with Crippen LogP contribution in [0.5, 0.6) is 0 Å². The lowest BCUT2D eigenvalue weighted by Gasteiger charge is -2.06. The Hall–Kier alpha value is -2.38. The zero-order valence-corrected chi connectivity index (χ0v) is 9.42. The van der Waals surface area contributed by atoms with Crippen LogP contribution in [-0.2, 0) is 6.54 Å². The smallest absolute Gasteiger partial charge is 0.358 e. The highest BCUT2D eigenvalue weighted by Crippen LogP contribution is 2.22. The summed E-state index contributed by atoms with van der Waals surface area (Å²) >= 11 is 0. The molecule has 1 heterocycles. The van der Waals surface area contributed by atoms with E-state index in [1.807, 2.05) is 0 Å². The van der Waals surface area contributed by atoms with Crippen molar-refractivity contribution < 1.29 is 23.1 Å². The zero-order valence-electron chi connectivity index (χ0n) is 9.42. The first-order valence-electron chi connectivity index (χ1n) is 5.18. The number of alkyl halides is 2. The van der Waals surface area contributed by atoms with Crippen molar-refractivity contribution in [2.24, 2.45) is 0 Å². The maximum absolute atomic E-state index is 12.8.